The lowest BCUT2D eigenvalue weighted by atomic mass is 10.0. The van der Waals surface area contributed by atoms with Gasteiger partial charge in [0.05, 0.1) is 35.1 Å². The van der Waals surface area contributed by atoms with Crippen molar-refractivity contribution in [3.8, 4) is 0 Å². The fourth-order valence-corrected chi connectivity index (χ4v) is 4.27. The molecule has 0 radical (unpaired) electrons. The molecule has 11 heteroatoms. The van der Waals surface area contributed by atoms with Crippen molar-refractivity contribution in [2.24, 2.45) is 0 Å². The monoisotopic (exact) mass is 413 g/mol. The van der Waals surface area contributed by atoms with E-state index in [4.69, 9.17) is 9.02 Å². The summed E-state index contributed by atoms with van der Waals surface area (Å²) in [5.74, 6) is 0. The zero-order chi connectivity index (χ0) is 20.3. The molecule has 2 heterocycles. The van der Waals surface area contributed by atoms with Crippen LogP contribution in [0.2, 0.25) is 0 Å². The highest BCUT2D eigenvalue weighted by Gasteiger charge is 2.45. The molecule has 2 atom stereocenters. The molecule has 28 heavy (non-hydrogen) atoms. The molecule has 2 amide bonds. The molecule has 0 spiro atoms. The Labute approximate surface area is 163 Å². The summed E-state index contributed by atoms with van der Waals surface area (Å²) in [5.41, 5.74) is -0.205. The molecule has 2 saturated heterocycles. The number of benzene rings is 1. The van der Waals surface area contributed by atoms with Crippen LogP contribution in [0.3, 0.4) is 0 Å². The molecular formula is C17H23N3O7S. The van der Waals surface area contributed by atoms with Crippen LogP contribution in [0.15, 0.2) is 29.2 Å². The quantitative estimate of drug-likeness (QED) is 0.264. The lowest BCUT2D eigenvalue weighted by molar-refractivity contribution is -0.384. The number of nitro benzene ring substituents is 1. The van der Waals surface area contributed by atoms with Crippen molar-refractivity contribution < 1.29 is 27.2 Å². The maximum atomic E-state index is 12.5. The summed E-state index contributed by atoms with van der Waals surface area (Å²) >= 11 is 0. The predicted octanol–water partition coefficient (Wildman–Crippen LogP) is 2.30. The zero-order valence-corrected chi connectivity index (χ0v) is 16.3. The second kappa shape index (κ2) is 8.41. The Kier molecular flexibility index (Phi) is 6.16. The molecule has 2 fully saturated rings. The Bertz CT molecular complexity index is 828. The SMILES string of the molecule is CCCCON1C(=O)N2CC1CC[C@H]2COS(=O)(=O)c1ccc([N+](=O)[O-])cc1. The number of carbonyl (C=O) groups excluding carboxylic acids is 1. The number of amides is 2. The molecule has 1 unspecified atom stereocenters. The number of nitro groups is 1. The van der Waals surface area contributed by atoms with Crippen LogP contribution in [0.1, 0.15) is 32.6 Å². The lowest BCUT2D eigenvalue weighted by Crippen LogP contribution is -2.43. The summed E-state index contributed by atoms with van der Waals surface area (Å²) in [7, 11) is -4.07. The third-order valence-corrected chi connectivity index (χ3v) is 6.22. The fraction of sp³-hybridized carbons (Fsp3) is 0.588. The van der Waals surface area contributed by atoms with Crippen LogP contribution < -0.4 is 0 Å². The average Bonchev–Trinajstić information content (AvgIpc) is 2.93. The van der Waals surface area contributed by atoms with Gasteiger partial charge in [0.25, 0.3) is 15.8 Å². The molecule has 2 bridgehead atoms. The van der Waals surface area contributed by atoms with Crippen molar-refractivity contribution in [3.63, 3.8) is 0 Å². The van der Waals surface area contributed by atoms with E-state index in [1.165, 1.54) is 5.06 Å². The maximum absolute atomic E-state index is 12.5. The van der Waals surface area contributed by atoms with Crippen molar-refractivity contribution in [1.82, 2.24) is 9.96 Å². The first kappa shape index (κ1) is 20.5. The highest BCUT2D eigenvalue weighted by Crippen LogP contribution is 2.31. The van der Waals surface area contributed by atoms with Crippen molar-refractivity contribution in [2.45, 2.75) is 49.6 Å². The van der Waals surface area contributed by atoms with E-state index in [-0.39, 0.29) is 35.3 Å². The van der Waals surface area contributed by atoms with Gasteiger partial charge in [-0.2, -0.15) is 13.5 Å². The molecule has 2 aliphatic heterocycles. The molecule has 2 aliphatic rings. The molecule has 0 N–H and O–H groups in total. The summed E-state index contributed by atoms with van der Waals surface area (Å²) in [6, 6.07) is 3.83. The maximum Gasteiger partial charge on any atom is 0.344 e. The number of fused-ring (bicyclic) bond motifs is 2. The first-order valence-corrected chi connectivity index (χ1v) is 10.6. The first-order valence-electron chi connectivity index (χ1n) is 9.20. The first-order chi connectivity index (χ1) is 13.3. The van der Waals surface area contributed by atoms with Crippen molar-refractivity contribution in [2.75, 3.05) is 19.8 Å². The van der Waals surface area contributed by atoms with Crippen LogP contribution in [-0.2, 0) is 19.1 Å². The normalized spacial score (nSPS) is 22.0. The van der Waals surface area contributed by atoms with Gasteiger partial charge < -0.3 is 4.90 Å². The number of urea groups is 1. The number of rotatable bonds is 9. The van der Waals surface area contributed by atoms with Crippen LogP contribution in [0.5, 0.6) is 0 Å². The zero-order valence-electron chi connectivity index (χ0n) is 15.5. The van der Waals surface area contributed by atoms with E-state index in [2.05, 4.69) is 0 Å². The summed E-state index contributed by atoms with van der Waals surface area (Å²) in [6.07, 6.45) is 3.14. The second-order valence-electron chi connectivity index (χ2n) is 6.82. The predicted molar refractivity (Wildman–Crippen MR) is 97.8 cm³/mol. The summed E-state index contributed by atoms with van der Waals surface area (Å²) in [4.78, 5) is 29.6. The Morgan fingerprint density at radius 2 is 1.96 bits per heavy atom. The number of non-ortho nitro benzene ring substituents is 1. The highest BCUT2D eigenvalue weighted by molar-refractivity contribution is 7.86. The van der Waals surface area contributed by atoms with E-state index in [0.717, 1.165) is 37.1 Å². The third-order valence-electron chi connectivity index (χ3n) is 4.93. The van der Waals surface area contributed by atoms with Gasteiger partial charge in [-0.3, -0.25) is 19.1 Å². The van der Waals surface area contributed by atoms with Crippen LogP contribution >= 0.6 is 0 Å². The second-order valence-corrected chi connectivity index (χ2v) is 8.44. The summed E-state index contributed by atoms with van der Waals surface area (Å²) in [6.45, 7) is 2.83. The van der Waals surface area contributed by atoms with Gasteiger partial charge in [0.2, 0.25) is 0 Å². The van der Waals surface area contributed by atoms with Gasteiger partial charge in [-0.15, -0.1) is 0 Å². The summed E-state index contributed by atoms with van der Waals surface area (Å²) < 4.78 is 29.8. The Hall–Kier alpha value is -2.24. The van der Waals surface area contributed by atoms with Crippen LogP contribution in [0.25, 0.3) is 0 Å². The van der Waals surface area contributed by atoms with E-state index < -0.39 is 15.0 Å². The van der Waals surface area contributed by atoms with E-state index in [1.807, 2.05) is 6.92 Å². The van der Waals surface area contributed by atoms with Crippen molar-refractivity contribution >= 4 is 21.8 Å². The Morgan fingerprint density at radius 3 is 2.61 bits per heavy atom. The molecule has 1 aromatic rings. The number of piperidine rings is 1. The average molecular weight is 413 g/mol. The minimum absolute atomic E-state index is 0.0214. The smallest absolute Gasteiger partial charge is 0.315 e. The number of hydroxylamine groups is 2. The molecule has 10 nitrogen and oxygen atoms in total. The largest absolute Gasteiger partial charge is 0.344 e. The van der Waals surface area contributed by atoms with Crippen molar-refractivity contribution in [3.05, 3.63) is 34.4 Å². The number of carbonyl (C=O) groups is 1. The van der Waals surface area contributed by atoms with Gasteiger partial charge in [0.1, 0.15) is 0 Å². The molecule has 154 valence electrons. The van der Waals surface area contributed by atoms with E-state index in [1.54, 1.807) is 4.90 Å². The van der Waals surface area contributed by atoms with Crippen LogP contribution in [0.4, 0.5) is 10.5 Å². The van der Waals surface area contributed by atoms with Gasteiger partial charge in [0.15, 0.2) is 0 Å². The van der Waals surface area contributed by atoms with Gasteiger partial charge in [-0.05, 0) is 31.4 Å². The van der Waals surface area contributed by atoms with Gasteiger partial charge >= 0.3 is 6.03 Å². The minimum Gasteiger partial charge on any atom is -0.315 e. The Balaban J connectivity index is 1.60. The Morgan fingerprint density at radius 1 is 1.25 bits per heavy atom. The van der Waals surface area contributed by atoms with E-state index >= 15 is 0 Å². The summed E-state index contributed by atoms with van der Waals surface area (Å²) in [5, 5.41) is 12.1. The van der Waals surface area contributed by atoms with E-state index in [9.17, 15) is 23.3 Å². The molecule has 0 saturated carbocycles. The fourth-order valence-electron chi connectivity index (χ4n) is 3.33. The topological polar surface area (TPSA) is 119 Å². The highest BCUT2D eigenvalue weighted by atomic mass is 32.2. The van der Waals surface area contributed by atoms with Crippen LogP contribution in [0, 0.1) is 10.1 Å². The minimum atomic E-state index is -4.07. The third kappa shape index (κ3) is 4.26. The van der Waals surface area contributed by atoms with Gasteiger partial charge in [-0.1, -0.05) is 13.3 Å². The van der Waals surface area contributed by atoms with Crippen LogP contribution in [-0.4, -0.2) is 61.2 Å². The molecular weight excluding hydrogens is 390 g/mol. The molecule has 1 aromatic carbocycles. The van der Waals surface area contributed by atoms with Crippen molar-refractivity contribution in [1.29, 1.82) is 0 Å². The lowest BCUT2D eigenvalue weighted by Gasteiger charge is -2.29. The molecule has 0 aliphatic carbocycles. The number of hydrogen-bond acceptors (Lipinski definition) is 7. The number of unbranched alkanes of at least 4 members (excludes halogenated alkanes) is 1. The number of hydrogen-bond donors (Lipinski definition) is 0. The molecule has 0 aromatic heterocycles. The number of nitrogens with zero attached hydrogens (tertiary/aromatic N) is 3. The standard InChI is InChI=1S/C17H23N3O7S/c1-2-3-10-26-19-14-4-5-15(18(11-14)17(19)21)12-27-28(24,25)16-8-6-13(7-9-16)20(22)23/h6-9,14-15H,2-5,10-12H2,1H3/t14?,15-/m0/s1. The molecule has 3 rings (SSSR count). The van der Waals surface area contributed by atoms with Gasteiger partial charge in [0, 0.05) is 18.7 Å². The van der Waals surface area contributed by atoms with Gasteiger partial charge in [-0.25, -0.2) is 4.79 Å². The van der Waals surface area contributed by atoms with E-state index in [0.29, 0.717) is 26.0 Å².